The molecule has 0 atom stereocenters. The molecule has 1 heterocycles. The van der Waals surface area contributed by atoms with Crippen LogP contribution in [0.1, 0.15) is 18.2 Å². The Labute approximate surface area is 126 Å². The molecule has 0 aliphatic heterocycles. The molecule has 0 saturated carbocycles. The van der Waals surface area contributed by atoms with Gasteiger partial charge in [0.25, 0.3) is 0 Å². The van der Waals surface area contributed by atoms with Crippen molar-refractivity contribution in [2.24, 2.45) is 0 Å². The van der Waals surface area contributed by atoms with E-state index in [0.29, 0.717) is 5.56 Å². The summed E-state index contributed by atoms with van der Waals surface area (Å²) >= 11 is 0. The Morgan fingerprint density at radius 1 is 1.32 bits per heavy atom. The number of phenolic OH excluding ortho intramolecular Hbond substituents is 1. The minimum Gasteiger partial charge on any atom is -0.513 e. The lowest BCUT2D eigenvalue weighted by Gasteiger charge is -2.07. The van der Waals surface area contributed by atoms with Gasteiger partial charge in [0.15, 0.2) is 5.76 Å². The number of aryl methyl sites for hydroxylation is 1. The van der Waals surface area contributed by atoms with Crippen LogP contribution in [-0.4, -0.2) is 15.3 Å². The highest BCUT2D eigenvalue weighted by Crippen LogP contribution is 2.29. The summed E-state index contributed by atoms with van der Waals surface area (Å²) in [5.74, 6) is 1.41. The van der Waals surface area contributed by atoms with Crippen LogP contribution in [0.25, 0.3) is 16.5 Å². The van der Waals surface area contributed by atoms with Crippen LogP contribution in [0.2, 0.25) is 0 Å². The predicted molar refractivity (Wildman–Crippen MR) is 83.7 cm³/mol. The maximum Gasteiger partial charge on any atom is 0.235 e. The molecule has 112 valence electrons. The van der Waals surface area contributed by atoms with Crippen molar-refractivity contribution in [1.82, 2.24) is 0 Å². The van der Waals surface area contributed by atoms with Crippen molar-refractivity contribution in [3.63, 3.8) is 0 Å². The van der Waals surface area contributed by atoms with Crippen LogP contribution in [0, 0.1) is 19.3 Å². The molecule has 22 heavy (non-hydrogen) atoms. The van der Waals surface area contributed by atoms with Crippen molar-refractivity contribution in [3.05, 3.63) is 51.6 Å². The number of phenols is 1. The van der Waals surface area contributed by atoms with Crippen molar-refractivity contribution in [2.75, 3.05) is 0 Å². The zero-order chi connectivity index (χ0) is 16.4. The average molecular weight is 298 g/mol. The largest absolute Gasteiger partial charge is 0.513 e. The van der Waals surface area contributed by atoms with E-state index in [4.69, 9.17) is 10.8 Å². The molecule has 2 rings (SSSR count). The molecule has 1 aromatic carbocycles. The van der Waals surface area contributed by atoms with E-state index in [0.717, 1.165) is 0 Å². The number of rotatable bonds is 2. The quantitative estimate of drug-likeness (QED) is 0.450. The number of hydrogen-bond acceptors (Lipinski definition) is 5. The van der Waals surface area contributed by atoms with E-state index >= 15 is 0 Å². The van der Waals surface area contributed by atoms with Gasteiger partial charge in [-0.25, -0.2) is 0 Å². The third-order valence-corrected chi connectivity index (χ3v) is 3.04. The Kier molecular flexibility index (Phi) is 3.95. The van der Waals surface area contributed by atoms with Gasteiger partial charge in [-0.1, -0.05) is 5.92 Å². The molecule has 5 nitrogen and oxygen atoms in total. The van der Waals surface area contributed by atoms with Crippen molar-refractivity contribution >= 4 is 16.5 Å². The molecule has 0 aliphatic carbocycles. The summed E-state index contributed by atoms with van der Waals surface area (Å²) < 4.78 is 5.49. The Hall–Kier alpha value is -3.13. The molecule has 2 aromatic rings. The highest BCUT2D eigenvalue weighted by molar-refractivity contribution is 5.87. The molecule has 5 heteroatoms. The third-order valence-electron chi connectivity index (χ3n) is 3.04. The fraction of sp³-hybridized carbons (Fsp3) is 0.118. The van der Waals surface area contributed by atoms with Crippen molar-refractivity contribution < 1.29 is 19.7 Å². The zero-order valence-corrected chi connectivity index (χ0v) is 12.0. The number of allylic oxidation sites excluding steroid dienone is 4. The molecular weight excluding hydrogens is 284 g/mol. The summed E-state index contributed by atoms with van der Waals surface area (Å²) in [6.07, 6.45) is 8.02. The molecule has 0 unspecified atom stereocenters. The Bertz CT molecular complexity index is 903. The van der Waals surface area contributed by atoms with Crippen molar-refractivity contribution in [3.8, 4) is 23.8 Å². The lowest BCUT2D eigenvalue weighted by Crippen LogP contribution is -2.05. The molecule has 0 radical (unpaired) electrons. The first-order chi connectivity index (χ1) is 10.3. The van der Waals surface area contributed by atoms with Gasteiger partial charge in [0.05, 0.1) is 16.7 Å². The SMILES string of the molecule is C#C/C(=C\C=C(/C)O)c1oc2cc(O)cc(C)c2c(=O)c1O. The van der Waals surface area contributed by atoms with E-state index in [9.17, 15) is 20.1 Å². The fourth-order valence-corrected chi connectivity index (χ4v) is 2.06. The topological polar surface area (TPSA) is 90.9 Å². The van der Waals surface area contributed by atoms with Gasteiger partial charge >= 0.3 is 0 Å². The summed E-state index contributed by atoms with van der Waals surface area (Å²) in [4.78, 5) is 12.3. The lowest BCUT2D eigenvalue weighted by atomic mass is 10.1. The average Bonchev–Trinajstić information content (AvgIpc) is 2.43. The molecule has 0 spiro atoms. The van der Waals surface area contributed by atoms with Gasteiger partial charge in [0, 0.05) is 6.07 Å². The van der Waals surface area contributed by atoms with E-state index in [1.54, 1.807) is 6.92 Å². The summed E-state index contributed by atoms with van der Waals surface area (Å²) in [5, 5.41) is 29.0. The first-order valence-electron chi connectivity index (χ1n) is 6.39. The summed E-state index contributed by atoms with van der Waals surface area (Å²) in [6.45, 7) is 3.07. The maximum atomic E-state index is 12.3. The van der Waals surface area contributed by atoms with E-state index in [-0.39, 0.29) is 33.8 Å². The van der Waals surface area contributed by atoms with E-state index in [1.165, 1.54) is 31.2 Å². The highest BCUT2D eigenvalue weighted by Gasteiger charge is 2.18. The summed E-state index contributed by atoms with van der Waals surface area (Å²) in [6, 6.07) is 2.67. The Balaban J connectivity index is 2.85. The van der Waals surface area contributed by atoms with Crippen LogP contribution >= 0.6 is 0 Å². The zero-order valence-electron chi connectivity index (χ0n) is 12.0. The van der Waals surface area contributed by atoms with Gasteiger partial charge < -0.3 is 19.7 Å². The Morgan fingerprint density at radius 3 is 2.59 bits per heavy atom. The second-order valence-electron chi connectivity index (χ2n) is 4.78. The van der Waals surface area contributed by atoms with Crippen molar-refractivity contribution in [2.45, 2.75) is 13.8 Å². The number of aromatic hydroxyl groups is 2. The number of fused-ring (bicyclic) bond motifs is 1. The van der Waals surface area contributed by atoms with Crippen LogP contribution in [0.15, 0.2) is 39.3 Å². The van der Waals surface area contributed by atoms with Crippen LogP contribution in [0.5, 0.6) is 11.5 Å². The van der Waals surface area contributed by atoms with Crippen LogP contribution < -0.4 is 5.43 Å². The third kappa shape index (κ3) is 2.67. The maximum absolute atomic E-state index is 12.3. The molecule has 3 N–H and O–H groups in total. The smallest absolute Gasteiger partial charge is 0.235 e. The van der Waals surface area contributed by atoms with E-state index in [1.807, 2.05) is 0 Å². The monoisotopic (exact) mass is 298 g/mol. The van der Waals surface area contributed by atoms with Crippen LogP contribution in [0.4, 0.5) is 0 Å². The number of aliphatic hydroxyl groups is 1. The minimum atomic E-state index is -0.639. The predicted octanol–water partition coefficient (Wildman–Crippen LogP) is 2.99. The highest BCUT2D eigenvalue weighted by atomic mass is 16.4. The van der Waals surface area contributed by atoms with Crippen LogP contribution in [-0.2, 0) is 0 Å². The first kappa shape index (κ1) is 15.3. The standard InChI is InChI=1S/C17H14O5/c1-4-11(6-5-10(3)18)17-16(21)15(20)14-9(2)7-12(19)8-13(14)22-17/h1,5-8,18-19,21H,2-3H3/b10-5+,11-6+. The van der Waals surface area contributed by atoms with Gasteiger partial charge in [0.1, 0.15) is 11.3 Å². The molecule has 0 fully saturated rings. The van der Waals surface area contributed by atoms with Gasteiger partial charge in [-0.2, -0.15) is 0 Å². The van der Waals surface area contributed by atoms with E-state index < -0.39 is 11.2 Å². The van der Waals surface area contributed by atoms with Gasteiger partial charge in [-0.15, -0.1) is 6.42 Å². The number of benzene rings is 1. The number of terminal acetylenes is 1. The van der Waals surface area contributed by atoms with Crippen molar-refractivity contribution in [1.29, 1.82) is 0 Å². The molecular formula is C17H14O5. The fourth-order valence-electron chi connectivity index (χ4n) is 2.06. The summed E-state index contributed by atoms with van der Waals surface area (Å²) in [5.41, 5.74) is 0.0366. The van der Waals surface area contributed by atoms with Gasteiger partial charge in [0.2, 0.25) is 11.2 Å². The second kappa shape index (κ2) is 5.70. The number of hydrogen-bond donors (Lipinski definition) is 3. The molecule has 0 bridgehead atoms. The molecule has 0 aliphatic rings. The number of aliphatic hydroxyl groups excluding tert-OH is 1. The Morgan fingerprint density at radius 2 is 2.00 bits per heavy atom. The summed E-state index contributed by atoms with van der Waals surface area (Å²) in [7, 11) is 0. The lowest BCUT2D eigenvalue weighted by molar-refractivity contribution is 0.414. The minimum absolute atomic E-state index is 0.00358. The normalized spacial score (nSPS) is 12.4. The van der Waals surface area contributed by atoms with E-state index in [2.05, 4.69) is 5.92 Å². The second-order valence-corrected chi connectivity index (χ2v) is 4.78. The van der Waals surface area contributed by atoms with Crippen LogP contribution in [0.3, 0.4) is 0 Å². The first-order valence-corrected chi connectivity index (χ1v) is 6.39. The molecule has 0 amide bonds. The molecule has 1 aromatic heterocycles. The molecule has 0 saturated heterocycles. The van der Waals surface area contributed by atoms with Gasteiger partial charge in [-0.05, 0) is 37.6 Å². The van der Waals surface area contributed by atoms with Gasteiger partial charge in [-0.3, -0.25) is 4.79 Å².